The highest BCUT2D eigenvalue weighted by Crippen LogP contribution is 2.25. The smallest absolute Gasteiger partial charge is 0.264 e. The highest BCUT2D eigenvalue weighted by Gasteiger charge is 2.14. The SMILES string of the molecule is COc1ccc(-c2nsc(NC(=O)COc3ccc(C(C)(C)C)cc3)n2)cc1. The number of carbonyl (C=O) groups is 1. The first-order valence-electron chi connectivity index (χ1n) is 8.86. The average Bonchev–Trinajstić information content (AvgIpc) is 3.14. The monoisotopic (exact) mass is 397 g/mol. The summed E-state index contributed by atoms with van der Waals surface area (Å²) in [6.45, 7) is 6.36. The molecule has 0 aliphatic rings. The molecule has 0 radical (unpaired) electrons. The molecule has 6 nitrogen and oxygen atoms in total. The molecule has 0 fully saturated rings. The van der Waals surface area contributed by atoms with Crippen LogP contribution in [0.25, 0.3) is 11.4 Å². The maximum Gasteiger partial charge on any atom is 0.264 e. The van der Waals surface area contributed by atoms with Gasteiger partial charge in [-0.25, -0.2) is 0 Å². The molecule has 3 aromatic rings. The van der Waals surface area contributed by atoms with Crippen LogP contribution in [0.4, 0.5) is 5.13 Å². The van der Waals surface area contributed by atoms with Gasteiger partial charge in [0.15, 0.2) is 12.4 Å². The van der Waals surface area contributed by atoms with Gasteiger partial charge in [-0.15, -0.1) is 0 Å². The summed E-state index contributed by atoms with van der Waals surface area (Å²) in [6, 6.07) is 15.2. The van der Waals surface area contributed by atoms with Crippen molar-refractivity contribution in [2.75, 3.05) is 19.0 Å². The van der Waals surface area contributed by atoms with Crippen LogP contribution in [-0.2, 0) is 10.2 Å². The fraction of sp³-hybridized carbons (Fsp3) is 0.286. The number of carbonyl (C=O) groups excluding carboxylic acids is 1. The first kappa shape index (κ1) is 19.8. The molecule has 146 valence electrons. The number of rotatable bonds is 6. The summed E-state index contributed by atoms with van der Waals surface area (Å²) in [5, 5.41) is 3.15. The number of hydrogen-bond acceptors (Lipinski definition) is 6. The zero-order chi connectivity index (χ0) is 20.1. The van der Waals surface area contributed by atoms with Crippen LogP contribution < -0.4 is 14.8 Å². The Bertz CT molecular complexity index is 929. The van der Waals surface area contributed by atoms with Gasteiger partial charge < -0.3 is 9.47 Å². The van der Waals surface area contributed by atoms with E-state index in [1.807, 2.05) is 48.5 Å². The van der Waals surface area contributed by atoms with Crippen LogP contribution in [-0.4, -0.2) is 29.0 Å². The van der Waals surface area contributed by atoms with Gasteiger partial charge in [0.1, 0.15) is 11.5 Å². The van der Waals surface area contributed by atoms with Crippen LogP contribution in [0.3, 0.4) is 0 Å². The molecule has 0 saturated heterocycles. The number of ether oxygens (including phenoxy) is 2. The summed E-state index contributed by atoms with van der Waals surface area (Å²) in [4.78, 5) is 16.5. The largest absolute Gasteiger partial charge is 0.497 e. The normalized spacial score (nSPS) is 11.1. The lowest BCUT2D eigenvalue weighted by molar-refractivity contribution is -0.118. The van der Waals surface area contributed by atoms with E-state index >= 15 is 0 Å². The van der Waals surface area contributed by atoms with Crippen molar-refractivity contribution in [1.82, 2.24) is 9.36 Å². The zero-order valence-electron chi connectivity index (χ0n) is 16.4. The maximum atomic E-state index is 12.1. The molecule has 28 heavy (non-hydrogen) atoms. The Balaban J connectivity index is 1.54. The lowest BCUT2D eigenvalue weighted by Crippen LogP contribution is -2.20. The molecule has 1 heterocycles. The van der Waals surface area contributed by atoms with Gasteiger partial charge in [-0.1, -0.05) is 32.9 Å². The average molecular weight is 398 g/mol. The summed E-state index contributed by atoms with van der Waals surface area (Å²) in [5.41, 5.74) is 2.15. The van der Waals surface area contributed by atoms with Gasteiger partial charge in [0, 0.05) is 17.1 Å². The van der Waals surface area contributed by atoms with E-state index in [-0.39, 0.29) is 17.9 Å². The van der Waals surface area contributed by atoms with E-state index in [0.29, 0.717) is 16.7 Å². The van der Waals surface area contributed by atoms with Gasteiger partial charge in [0.25, 0.3) is 5.91 Å². The number of hydrogen-bond donors (Lipinski definition) is 1. The van der Waals surface area contributed by atoms with E-state index in [4.69, 9.17) is 9.47 Å². The Labute approximate surface area is 168 Å². The fourth-order valence-corrected chi connectivity index (χ4v) is 3.09. The van der Waals surface area contributed by atoms with Crippen molar-refractivity contribution in [2.45, 2.75) is 26.2 Å². The summed E-state index contributed by atoms with van der Waals surface area (Å²) < 4.78 is 15.0. The minimum Gasteiger partial charge on any atom is -0.497 e. The molecule has 0 atom stereocenters. The van der Waals surface area contributed by atoms with Crippen molar-refractivity contribution in [3.8, 4) is 22.9 Å². The molecular formula is C21H23N3O3S. The Morgan fingerprint density at radius 3 is 2.29 bits per heavy atom. The first-order chi connectivity index (χ1) is 13.3. The second kappa shape index (κ2) is 8.39. The molecule has 0 unspecified atom stereocenters. The van der Waals surface area contributed by atoms with E-state index < -0.39 is 0 Å². The third kappa shape index (κ3) is 5.07. The molecule has 3 rings (SSSR count). The molecular weight excluding hydrogens is 374 g/mol. The summed E-state index contributed by atoms with van der Waals surface area (Å²) in [5.74, 6) is 1.69. The molecule has 1 N–H and O–H groups in total. The fourth-order valence-electron chi connectivity index (χ4n) is 2.49. The van der Waals surface area contributed by atoms with Crippen molar-refractivity contribution in [1.29, 1.82) is 0 Å². The molecule has 1 amide bonds. The van der Waals surface area contributed by atoms with Crippen LogP contribution >= 0.6 is 11.5 Å². The van der Waals surface area contributed by atoms with Gasteiger partial charge in [0.05, 0.1) is 7.11 Å². The Morgan fingerprint density at radius 2 is 1.68 bits per heavy atom. The Hall–Kier alpha value is -2.93. The van der Waals surface area contributed by atoms with Crippen LogP contribution in [0.5, 0.6) is 11.5 Å². The van der Waals surface area contributed by atoms with Crippen molar-refractivity contribution in [3.05, 3.63) is 54.1 Å². The second-order valence-corrected chi connectivity index (χ2v) is 8.01. The van der Waals surface area contributed by atoms with Gasteiger partial charge in [-0.3, -0.25) is 10.1 Å². The van der Waals surface area contributed by atoms with Crippen molar-refractivity contribution >= 4 is 22.6 Å². The number of nitrogens with one attached hydrogen (secondary N) is 1. The van der Waals surface area contributed by atoms with E-state index in [0.717, 1.165) is 22.8 Å². The van der Waals surface area contributed by atoms with E-state index in [1.54, 1.807) is 7.11 Å². The molecule has 0 bridgehead atoms. The molecule has 0 aliphatic carbocycles. The quantitative estimate of drug-likeness (QED) is 0.662. The third-order valence-corrected chi connectivity index (χ3v) is 4.74. The minimum absolute atomic E-state index is 0.0787. The van der Waals surface area contributed by atoms with E-state index in [2.05, 4.69) is 35.4 Å². The van der Waals surface area contributed by atoms with Gasteiger partial charge >= 0.3 is 0 Å². The number of methoxy groups -OCH3 is 1. The first-order valence-corrected chi connectivity index (χ1v) is 9.64. The predicted octanol–water partition coefficient (Wildman–Crippen LogP) is 4.53. The van der Waals surface area contributed by atoms with Crippen LogP contribution in [0.2, 0.25) is 0 Å². The van der Waals surface area contributed by atoms with Crippen LogP contribution in [0, 0.1) is 0 Å². The molecule has 2 aromatic carbocycles. The maximum absolute atomic E-state index is 12.1. The molecule has 0 spiro atoms. The zero-order valence-corrected chi connectivity index (χ0v) is 17.2. The molecule has 0 saturated carbocycles. The highest BCUT2D eigenvalue weighted by atomic mass is 32.1. The number of aromatic nitrogens is 2. The molecule has 1 aromatic heterocycles. The Morgan fingerprint density at radius 1 is 1.04 bits per heavy atom. The van der Waals surface area contributed by atoms with Crippen LogP contribution in [0.15, 0.2) is 48.5 Å². The Kier molecular flexibility index (Phi) is 5.94. The van der Waals surface area contributed by atoms with E-state index in [1.165, 1.54) is 5.56 Å². The number of nitrogens with zero attached hydrogens (tertiary/aromatic N) is 2. The topological polar surface area (TPSA) is 73.3 Å². The number of anilines is 1. The lowest BCUT2D eigenvalue weighted by Gasteiger charge is -2.19. The lowest BCUT2D eigenvalue weighted by atomic mass is 9.87. The third-order valence-electron chi connectivity index (χ3n) is 4.11. The standard InChI is InChI=1S/C21H23N3O3S/c1-21(2,3)15-7-11-17(12-8-15)27-13-18(25)22-20-23-19(24-28-20)14-5-9-16(26-4)10-6-14/h5-12H,13H2,1-4H3,(H,22,23,24,25). The summed E-state index contributed by atoms with van der Waals surface area (Å²) >= 11 is 1.13. The number of benzene rings is 2. The van der Waals surface area contributed by atoms with E-state index in [9.17, 15) is 4.79 Å². The highest BCUT2D eigenvalue weighted by molar-refractivity contribution is 7.10. The minimum atomic E-state index is -0.280. The van der Waals surface area contributed by atoms with Crippen molar-refractivity contribution < 1.29 is 14.3 Å². The molecule has 0 aliphatic heterocycles. The summed E-state index contributed by atoms with van der Waals surface area (Å²) in [6.07, 6.45) is 0. The van der Waals surface area contributed by atoms with Crippen molar-refractivity contribution in [2.24, 2.45) is 0 Å². The summed E-state index contributed by atoms with van der Waals surface area (Å²) in [7, 11) is 1.62. The predicted molar refractivity (Wildman–Crippen MR) is 111 cm³/mol. The van der Waals surface area contributed by atoms with Gasteiger partial charge in [-0.2, -0.15) is 9.36 Å². The molecule has 7 heteroatoms. The van der Waals surface area contributed by atoms with Crippen molar-refractivity contribution in [3.63, 3.8) is 0 Å². The van der Waals surface area contributed by atoms with Crippen LogP contribution in [0.1, 0.15) is 26.3 Å². The second-order valence-electron chi connectivity index (χ2n) is 7.26. The van der Waals surface area contributed by atoms with Gasteiger partial charge in [-0.05, 0) is 47.4 Å². The number of amides is 1. The van der Waals surface area contributed by atoms with Gasteiger partial charge in [0.2, 0.25) is 5.13 Å².